The maximum atomic E-state index is 15.1. The van der Waals surface area contributed by atoms with Gasteiger partial charge in [-0.3, -0.25) is 19.2 Å². The van der Waals surface area contributed by atoms with Crippen molar-refractivity contribution in [3.63, 3.8) is 0 Å². The van der Waals surface area contributed by atoms with Crippen molar-refractivity contribution in [1.82, 2.24) is 30.1 Å². The molecular formula is C38H43BrN6O8. The van der Waals surface area contributed by atoms with Crippen molar-refractivity contribution in [3.05, 3.63) is 82.9 Å². The van der Waals surface area contributed by atoms with E-state index in [-0.39, 0.29) is 57.1 Å². The zero-order valence-corrected chi connectivity index (χ0v) is 31.0. The number of benzene rings is 2. The monoisotopic (exact) mass is 790 g/mol. The summed E-state index contributed by atoms with van der Waals surface area (Å²) in [6.07, 6.45) is 5.86. The number of ether oxygens (including phenoxy) is 3. The van der Waals surface area contributed by atoms with Gasteiger partial charge in [0.05, 0.1) is 24.1 Å². The lowest BCUT2D eigenvalue weighted by Gasteiger charge is -2.35. The van der Waals surface area contributed by atoms with Crippen LogP contribution in [0.25, 0.3) is 11.0 Å². The predicted molar refractivity (Wildman–Crippen MR) is 195 cm³/mol. The number of esters is 1. The van der Waals surface area contributed by atoms with E-state index in [1.807, 2.05) is 66.7 Å². The highest BCUT2D eigenvalue weighted by molar-refractivity contribution is 9.11. The molecule has 53 heavy (non-hydrogen) atoms. The third-order valence-electron chi connectivity index (χ3n) is 10.5. The van der Waals surface area contributed by atoms with E-state index in [4.69, 9.17) is 14.2 Å². The highest BCUT2D eigenvalue weighted by Crippen LogP contribution is 2.59. The van der Waals surface area contributed by atoms with Gasteiger partial charge >= 0.3 is 5.97 Å². The van der Waals surface area contributed by atoms with Crippen LogP contribution in [-0.4, -0.2) is 111 Å². The number of aliphatic hydroxyl groups excluding tert-OH is 1. The van der Waals surface area contributed by atoms with Crippen LogP contribution in [0.1, 0.15) is 43.8 Å². The molecule has 4 aliphatic heterocycles. The number of allylic oxidation sites excluding steroid dienone is 1. The number of carbonyl (C=O) groups excluding carboxylic acids is 4. The molecule has 0 radical (unpaired) electrons. The number of halogens is 1. The second-order valence-corrected chi connectivity index (χ2v) is 14.7. The summed E-state index contributed by atoms with van der Waals surface area (Å²) >= 11 is 3.62. The highest BCUT2D eigenvalue weighted by atomic mass is 79.9. The first-order chi connectivity index (χ1) is 25.8. The van der Waals surface area contributed by atoms with Crippen molar-refractivity contribution in [2.24, 2.45) is 11.8 Å². The van der Waals surface area contributed by atoms with Crippen LogP contribution in [0.2, 0.25) is 0 Å². The molecular weight excluding hydrogens is 748 g/mol. The second-order valence-electron chi connectivity index (χ2n) is 13.8. The van der Waals surface area contributed by atoms with Crippen LogP contribution in [0.5, 0.6) is 0 Å². The van der Waals surface area contributed by atoms with Gasteiger partial charge in [-0.15, -0.1) is 5.10 Å². The Bertz CT molecular complexity index is 1900. The molecule has 4 aliphatic rings. The molecule has 280 valence electrons. The van der Waals surface area contributed by atoms with Crippen LogP contribution in [0.15, 0.2) is 77.3 Å². The van der Waals surface area contributed by atoms with Crippen molar-refractivity contribution >= 4 is 50.7 Å². The number of cyclic esters (lactones) is 1. The number of amides is 3. The van der Waals surface area contributed by atoms with Crippen molar-refractivity contribution in [3.8, 4) is 0 Å². The topological polar surface area (TPSA) is 165 Å². The molecule has 2 saturated heterocycles. The van der Waals surface area contributed by atoms with E-state index in [0.717, 1.165) is 5.52 Å². The number of hydrogen-bond acceptors (Lipinski definition) is 10. The quantitative estimate of drug-likeness (QED) is 0.177. The molecule has 7 atom stereocenters. The Hall–Kier alpha value is -4.44. The van der Waals surface area contributed by atoms with Crippen LogP contribution in [-0.2, 0) is 40.1 Å². The standard InChI is InChI=1S/C38H43BrN6O8/c1-51-22-27-32(24-13-5-2-6-14-24)52-37(50)30-31-35(48)44(19-11-4-12-20-46)34(38(31)21-25(39)33(30)53-38)36(49)43(18-10-3-7-17-29(47)40-27)23-45-28-16-9-8-15-26(28)41-42-45/h2-3,5-6,8-10,13-16,21,27,30-34,46H,4,7,11-12,17-20,22-23H2,1H3,(H,40,47)/b10-3-/t27-,30+,31-,32-,33+,34+,38-/m0/s1. The number of aromatic nitrogens is 3. The molecule has 0 saturated carbocycles. The number of fused-ring (bicyclic) bond motifs is 3. The lowest BCUT2D eigenvalue weighted by Crippen LogP contribution is -2.56. The SMILES string of the molecule is COC[C@@H]1NC(=O)CC/C=C\CN(Cn2nnc3ccccc32)C(=O)[C@H]2N(CCCCCO)C(=O)[C@@H]3[C@@H](C(=O)O[C@H]1c1ccccc1)[C@@H]1O[C@@]32C=C1Br. The summed E-state index contributed by atoms with van der Waals surface area (Å²) in [5.41, 5.74) is 0.563. The first kappa shape index (κ1) is 36.9. The molecule has 3 aromatic rings. The van der Waals surface area contributed by atoms with Crippen LogP contribution in [0.3, 0.4) is 0 Å². The highest BCUT2D eigenvalue weighted by Gasteiger charge is 2.75. The second kappa shape index (κ2) is 15.9. The largest absolute Gasteiger partial charge is 0.455 e. The first-order valence-corrected chi connectivity index (χ1v) is 18.8. The number of para-hydroxylation sites is 1. The minimum Gasteiger partial charge on any atom is -0.455 e. The maximum absolute atomic E-state index is 15.1. The fraction of sp³-hybridized carbons (Fsp3) is 0.474. The number of nitrogens with one attached hydrogen (secondary N) is 1. The molecule has 7 rings (SSSR count). The van der Waals surface area contributed by atoms with Gasteiger partial charge in [-0.1, -0.05) is 75.8 Å². The van der Waals surface area contributed by atoms with Gasteiger partial charge < -0.3 is 34.4 Å². The summed E-state index contributed by atoms with van der Waals surface area (Å²) in [7, 11) is 1.51. The molecule has 5 bridgehead atoms. The molecule has 2 aromatic carbocycles. The van der Waals surface area contributed by atoms with E-state index in [1.165, 1.54) is 7.11 Å². The van der Waals surface area contributed by atoms with Gasteiger partial charge in [0, 0.05) is 37.7 Å². The van der Waals surface area contributed by atoms with E-state index in [1.54, 1.807) is 20.6 Å². The molecule has 1 aromatic heterocycles. The molecule has 2 fully saturated rings. The van der Waals surface area contributed by atoms with E-state index < -0.39 is 47.7 Å². The van der Waals surface area contributed by atoms with Gasteiger partial charge in [0.2, 0.25) is 11.8 Å². The lowest BCUT2D eigenvalue weighted by molar-refractivity contribution is -0.162. The number of likely N-dealkylation sites (tertiary alicyclic amines) is 1. The molecule has 3 amide bonds. The molecule has 15 heteroatoms. The number of methoxy groups -OCH3 is 1. The van der Waals surface area contributed by atoms with Crippen LogP contribution < -0.4 is 5.32 Å². The summed E-state index contributed by atoms with van der Waals surface area (Å²) in [5, 5.41) is 21.1. The summed E-state index contributed by atoms with van der Waals surface area (Å²) in [6, 6.07) is 14.7. The summed E-state index contributed by atoms with van der Waals surface area (Å²) < 4.78 is 20.7. The lowest BCUT2D eigenvalue weighted by atomic mass is 9.74. The molecule has 2 N–H and O–H groups in total. The summed E-state index contributed by atoms with van der Waals surface area (Å²) in [4.78, 5) is 60.8. The number of unbranched alkanes of at least 4 members (excludes halogenated alkanes) is 2. The Morgan fingerprint density at radius 2 is 1.79 bits per heavy atom. The Labute approximate surface area is 315 Å². The van der Waals surface area contributed by atoms with Gasteiger partial charge in [0.15, 0.2) is 0 Å². The Morgan fingerprint density at radius 1 is 1.00 bits per heavy atom. The number of hydrogen-bond donors (Lipinski definition) is 2. The molecule has 14 nitrogen and oxygen atoms in total. The minimum atomic E-state index is -1.47. The van der Waals surface area contributed by atoms with E-state index in [2.05, 4.69) is 31.6 Å². The van der Waals surface area contributed by atoms with E-state index in [9.17, 15) is 19.5 Å². The van der Waals surface area contributed by atoms with Gasteiger partial charge in [-0.05, 0) is 49.5 Å². The normalized spacial score (nSPS) is 29.7. The van der Waals surface area contributed by atoms with Crippen LogP contribution >= 0.6 is 15.9 Å². The minimum absolute atomic E-state index is 0.0103. The van der Waals surface area contributed by atoms with E-state index >= 15 is 4.79 Å². The third-order valence-corrected chi connectivity index (χ3v) is 11.2. The molecule has 5 heterocycles. The number of carbonyl (C=O) groups is 4. The average molecular weight is 792 g/mol. The van der Waals surface area contributed by atoms with Gasteiger partial charge in [-0.2, -0.15) is 0 Å². The van der Waals surface area contributed by atoms with Gasteiger partial charge in [0.1, 0.15) is 42.0 Å². The first-order valence-electron chi connectivity index (χ1n) is 18.0. The van der Waals surface area contributed by atoms with E-state index in [0.29, 0.717) is 41.2 Å². The fourth-order valence-corrected chi connectivity index (χ4v) is 8.81. The number of nitrogens with zero attached hydrogens (tertiary/aromatic N) is 5. The zero-order chi connectivity index (χ0) is 37.1. The van der Waals surface area contributed by atoms with Crippen molar-refractivity contribution in [2.45, 2.75) is 68.7 Å². The molecule has 0 aliphatic carbocycles. The van der Waals surface area contributed by atoms with Crippen molar-refractivity contribution in [2.75, 3.05) is 33.4 Å². The Balaban J connectivity index is 1.31. The van der Waals surface area contributed by atoms with Gasteiger partial charge in [0.25, 0.3) is 5.91 Å². The van der Waals surface area contributed by atoms with Crippen molar-refractivity contribution < 1.29 is 38.5 Å². The predicted octanol–water partition coefficient (Wildman–Crippen LogP) is 3.02. The summed E-state index contributed by atoms with van der Waals surface area (Å²) in [5.74, 6) is -3.86. The van der Waals surface area contributed by atoms with Crippen molar-refractivity contribution in [1.29, 1.82) is 0 Å². The number of rotatable bonds is 10. The average Bonchev–Trinajstić information content (AvgIpc) is 3.88. The molecule has 0 unspecified atom stereocenters. The fourth-order valence-electron chi connectivity index (χ4n) is 8.08. The zero-order valence-electron chi connectivity index (χ0n) is 29.4. The molecule has 1 spiro atoms. The van der Waals surface area contributed by atoms with Gasteiger partial charge in [-0.25, -0.2) is 4.68 Å². The van der Waals surface area contributed by atoms with Crippen LogP contribution in [0, 0.1) is 11.8 Å². The smallest absolute Gasteiger partial charge is 0.313 e. The Kier molecular flexibility index (Phi) is 11.1. The van der Waals surface area contributed by atoms with Crippen LogP contribution in [0.4, 0.5) is 0 Å². The Morgan fingerprint density at radius 3 is 2.58 bits per heavy atom. The maximum Gasteiger partial charge on any atom is 0.313 e. The third kappa shape index (κ3) is 7.02. The number of aliphatic hydroxyl groups is 1. The summed E-state index contributed by atoms with van der Waals surface area (Å²) in [6.45, 7) is 0.445.